The second-order valence-electron chi connectivity index (χ2n) is 11.4. The molecule has 38 heavy (non-hydrogen) atoms. The minimum Gasteiger partial charge on any atom is -0.444 e. The summed E-state index contributed by atoms with van der Waals surface area (Å²) in [6, 6.07) is 7.59. The number of ether oxygens (including phenoxy) is 2. The molecule has 208 valence electrons. The van der Waals surface area contributed by atoms with Gasteiger partial charge < -0.3 is 29.5 Å². The molecule has 0 saturated carbocycles. The first-order valence-electron chi connectivity index (χ1n) is 12.9. The summed E-state index contributed by atoms with van der Waals surface area (Å²) in [5.74, 6) is 0. The Labute approximate surface area is 224 Å². The molecular weight excluding hydrogens is 488 g/mol. The van der Waals surface area contributed by atoms with E-state index in [1.165, 1.54) is 0 Å². The van der Waals surface area contributed by atoms with E-state index in [1.807, 2.05) is 65.8 Å². The van der Waals surface area contributed by atoms with Crippen molar-refractivity contribution in [3.8, 4) is 0 Å². The number of aromatic nitrogens is 2. The third-order valence-electron chi connectivity index (χ3n) is 5.86. The Morgan fingerprint density at radius 3 is 1.42 bits per heavy atom. The standard InChI is InChI=1S/2C14H20N2O3/c2*1-14(2,3)19-13(18)16-7-6-10-4-5-11(9-17)15-12(10)8-16/h2*4-5,17H,6-9H2,1-3H3. The average molecular weight is 529 g/mol. The van der Waals surface area contributed by atoms with Gasteiger partial charge in [0.05, 0.1) is 49.1 Å². The summed E-state index contributed by atoms with van der Waals surface area (Å²) in [7, 11) is 0. The Hall–Kier alpha value is -3.24. The largest absolute Gasteiger partial charge is 0.444 e. The van der Waals surface area contributed by atoms with Gasteiger partial charge in [0.25, 0.3) is 0 Å². The van der Waals surface area contributed by atoms with Gasteiger partial charge in [-0.2, -0.15) is 0 Å². The number of carbonyl (C=O) groups excluding carboxylic acids is 2. The summed E-state index contributed by atoms with van der Waals surface area (Å²) in [6.45, 7) is 13.1. The van der Waals surface area contributed by atoms with Crippen LogP contribution >= 0.6 is 0 Å². The van der Waals surface area contributed by atoms with Crippen LogP contribution in [0.1, 0.15) is 75.4 Å². The molecule has 4 heterocycles. The van der Waals surface area contributed by atoms with Gasteiger partial charge in [-0.15, -0.1) is 0 Å². The molecule has 2 aromatic heterocycles. The first-order valence-corrected chi connectivity index (χ1v) is 12.9. The highest BCUT2D eigenvalue weighted by molar-refractivity contribution is 5.69. The van der Waals surface area contributed by atoms with Gasteiger partial charge in [0.15, 0.2) is 0 Å². The van der Waals surface area contributed by atoms with E-state index in [4.69, 9.17) is 19.7 Å². The molecule has 10 nitrogen and oxygen atoms in total. The van der Waals surface area contributed by atoms with Crippen molar-refractivity contribution in [3.63, 3.8) is 0 Å². The van der Waals surface area contributed by atoms with Crippen molar-refractivity contribution >= 4 is 12.2 Å². The summed E-state index contributed by atoms with van der Waals surface area (Å²) < 4.78 is 10.7. The molecule has 2 aliphatic heterocycles. The van der Waals surface area contributed by atoms with Crippen LogP contribution in [-0.2, 0) is 48.6 Å². The first kappa shape index (κ1) is 29.3. The number of nitrogens with zero attached hydrogens (tertiary/aromatic N) is 4. The molecule has 0 unspecified atom stereocenters. The molecule has 10 heteroatoms. The second-order valence-corrected chi connectivity index (χ2v) is 11.4. The molecule has 2 aliphatic rings. The fraction of sp³-hybridized carbons (Fsp3) is 0.571. The van der Waals surface area contributed by atoms with Crippen LogP contribution in [0, 0.1) is 0 Å². The molecule has 0 bridgehead atoms. The zero-order valence-corrected chi connectivity index (χ0v) is 23.3. The number of pyridine rings is 2. The van der Waals surface area contributed by atoms with Crippen molar-refractivity contribution < 1.29 is 29.3 Å². The monoisotopic (exact) mass is 528 g/mol. The molecule has 0 fully saturated rings. The average Bonchev–Trinajstić information content (AvgIpc) is 2.85. The highest BCUT2D eigenvalue weighted by Gasteiger charge is 2.27. The number of fused-ring (bicyclic) bond motifs is 2. The van der Waals surface area contributed by atoms with Crippen LogP contribution in [0.3, 0.4) is 0 Å². The Morgan fingerprint density at radius 1 is 0.737 bits per heavy atom. The van der Waals surface area contributed by atoms with Gasteiger partial charge in [-0.1, -0.05) is 12.1 Å². The zero-order valence-electron chi connectivity index (χ0n) is 23.3. The molecule has 2 N–H and O–H groups in total. The van der Waals surface area contributed by atoms with Gasteiger partial charge >= 0.3 is 12.2 Å². The van der Waals surface area contributed by atoms with Crippen molar-refractivity contribution in [2.75, 3.05) is 13.1 Å². The minimum atomic E-state index is -0.488. The fourth-order valence-electron chi connectivity index (χ4n) is 4.05. The summed E-state index contributed by atoms with van der Waals surface area (Å²) >= 11 is 0. The smallest absolute Gasteiger partial charge is 0.410 e. The maximum Gasteiger partial charge on any atom is 0.410 e. The van der Waals surface area contributed by atoms with Crippen LogP contribution in [0.25, 0.3) is 0 Å². The lowest BCUT2D eigenvalue weighted by Gasteiger charge is -2.30. The van der Waals surface area contributed by atoms with Crippen LogP contribution in [0.5, 0.6) is 0 Å². The van der Waals surface area contributed by atoms with Gasteiger partial charge in [-0.05, 0) is 77.6 Å². The molecule has 0 radical (unpaired) electrons. The van der Waals surface area contributed by atoms with Crippen molar-refractivity contribution in [1.82, 2.24) is 19.8 Å². The summed E-state index contributed by atoms with van der Waals surface area (Å²) in [5, 5.41) is 18.2. The minimum absolute atomic E-state index is 0.0836. The Balaban J connectivity index is 0.000000211. The number of rotatable bonds is 2. The number of aliphatic hydroxyl groups is 2. The zero-order chi connectivity index (χ0) is 28.1. The number of carbonyl (C=O) groups is 2. The fourth-order valence-corrected chi connectivity index (χ4v) is 4.05. The number of hydrogen-bond donors (Lipinski definition) is 2. The molecular formula is C28H40N4O6. The van der Waals surface area contributed by atoms with Crippen molar-refractivity contribution in [2.45, 2.75) is 91.9 Å². The van der Waals surface area contributed by atoms with Crippen LogP contribution in [0.15, 0.2) is 24.3 Å². The topological polar surface area (TPSA) is 125 Å². The van der Waals surface area contributed by atoms with Crippen LogP contribution in [0.4, 0.5) is 9.59 Å². The number of hydrogen-bond acceptors (Lipinski definition) is 8. The van der Waals surface area contributed by atoms with Crippen LogP contribution < -0.4 is 0 Å². The predicted molar refractivity (Wildman–Crippen MR) is 141 cm³/mol. The van der Waals surface area contributed by atoms with Crippen molar-refractivity contribution in [2.24, 2.45) is 0 Å². The summed E-state index contributed by atoms with van der Waals surface area (Å²) in [5.41, 5.74) is 4.26. The SMILES string of the molecule is CC(C)(C)OC(=O)N1CCc2ccc(CO)nc2C1.CC(C)(C)OC(=O)N1CCc2ccc(CO)nc2C1. The van der Waals surface area contributed by atoms with E-state index < -0.39 is 11.2 Å². The highest BCUT2D eigenvalue weighted by atomic mass is 16.6. The molecule has 0 aliphatic carbocycles. The van der Waals surface area contributed by atoms with Gasteiger partial charge in [0.2, 0.25) is 0 Å². The van der Waals surface area contributed by atoms with Crippen LogP contribution in [-0.4, -0.2) is 66.5 Å². The summed E-state index contributed by atoms with van der Waals surface area (Å²) in [6.07, 6.45) is 0.921. The van der Waals surface area contributed by atoms with E-state index in [0.29, 0.717) is 37.6 Å². The van der Waals surface area contributed by atoms with Gasteiger partial charge in [-0.25, -0.2) is 9.59 Å². The number of amides is 2. The van der Waals surface area contributed by atoms with E-state index in [0.717, 1.165) is 35.4 Å². The molecule has 0 aromatic carbocycles. The maximum absolute atomic E-state index is 12.0. The normalized spacial score (nSPS) is 15.1. The van der Waals surface area contributed by atoms with E-state index >= 15 is 0 Å². The third-order valence-corrected chi connectivity index (χ3v) is 5.86. The lowest BCUT2D eigenvalue weighted by atomic mass is 10.0. The molecule has 4 rings (SSSR count). The van der Waals surface area contributed by atoms with Crippen molar-refractivity contribution in [1.29, 1.82) is 0 Å². The quantitative estimate of drug-likeness (QED) is 0.604. The van der Waals surface area contributed by atoms with E-state index in [1.54, 1.807) is 9.80 Å². The lowest BCUT2D eigenvalue weighted by Crippen LogP contribution is -2.40. The van der Waals surface area contributed by atoms with Crippen LogP contribution in [0.2, 0.25) is 0 Å². The Bertz CT molecular complexity index is 1050. The Kier molecular flexibility index (Phi) is 9.32. The molecule has 2 amide bonds. The molecule has 0 atom stereocenters. The second kappa shape index (κ2) is 12.1. The van der Waals surface area contributed by atoms with Gasteiger partial charge in [0, 0.05) is 13.1 Å². The Morgan fingerprint density at radius 2 is 1.11 bits per heavy atom. The summed E-state index contributed by atoms with van der Waals surface area (Å²) in [4.78, 5) is 36.0. The first-order chi connectivity index (χ1) is 17.8. The van der Waals surface area contributed by atoms with E-state index in [2.05, 4.69) is 9.97 Å². The predicted octanol–water partition coefficient (Wildman–Crippen LogP) is 3.73. The van der Waals surface area contributed by atoms with E-state index in [9.17, 15) is 9.59 Å². The highest BCUT2D eigenvalue weighted by Crippen LogP contribution is 2.21. The number of aliphatic hydroxyl groups excluding tert-OH is 2. The van der Waals surface area contributed by atoms with Gasteiger partial charge in [-0.3, -0.25) is 9.97 Å². The molecule has 0 saturated heterocycles. The lowest BCUT2D eigenvalue weighted by molar-refractivity contribution is 0.0210. The third kappa shape index (κ3) is 8.39. The van der Waals surface area contributed by atoms with E-state index in [-0.39, 0.29) is 25.4 Å². The van der Waals surface area contributed by atoms with Crippen molar-refractivity contribution in [3.05, 3.63) is 58.2 Å². The van der Waals surface area contributed by atoms with Gasteiger partial charge in [0.1, 0.15) is 11.2 Å². The molecule has 2 aromatic rings. The maximum atomic E-state index is 12.0. The molecule has 0 spiro atoms.